The molecular formula is C12H10BrN2O+. The van der Waals surface area contributed by atoms with E-state index >= 15 is 0 Å². The van der Waals surface area contributed by atoms with E-state index in [1.807, 2.05) is 36.4 Å². The Kier molecular flexibility index (Phi) is 3.41. The van der Waals surface area contributed by atoms with Crippen LogP contribution in [-0.2, 0) is 6.42 Å². The lowest BCUT2D eigenvalue weighted by Crippen LogP contribution is -2.42. The van der Waals surface area contributed by atoms with Gasteiger partial charge in [0.2, 0.25) is 0 Å². The van der Waals surface area contributed by atoms with Crippen molar-refractivity contribution in [3.8, 4) is 0 Å². The third-order valence-electron chi connectivity index (χ3n) is 2.11. The molecule has 80 valence electrons. The molecule has 0 N–H and O–H groups in total. The monoisotopic (exact) mass is 277 g/mol. The van der Waals surface area contributed by atoms with E-state index < -0.39 is 0 Å². The number of carbonyl (C=O) groups excluding carboxylic acids is 1. The van der Waals surface area contributed by atoms with Crippen LogP contribution in [0.15, 0.2) is 53.4 Å². The topological polar surface area (TPSA) is 33.8 Å². The van der Waals surface area contributed by atoms with Crippen molar-refractivity contribution in [2.45, 2.75) is 6.42 Å². The molecule has 0 aliphatic rings. The van der Waals surface area contributed by atoms with Gasteiger partial charge >= 0.3 is 5.91 Å². The smallest absolute Gasteiger partial charge is 0.245 e. The van der Waals surface area contributed by atoms with Crippen molar-refractivity contribution in [3.05, 3.63) is 59.1 Å². The summed E-state index contributed by atoms with van der Waals surface area (Å²) in [7, 11) is 0. The van der Waals surface area contributed by atoms with Gasteiger partial charge in [0.1, 0.15) is 11.0 Å². The number of hydrogen-bond donors (Lipinski definition) is 0. The van der Waals surface area contributed by atoms with Gasteiger partial charge in [-0.05, 0) is 28.1 Å². The highest BCUT2D eigenvalue weighted by Gasteiger charge is 2.14. The van der Waals surface area contributed by atoms with Crippen molar-refractivity contribution in [2.75, 3.05) is 0 Å². The minimum atomic E-state index is 0.00574. The molecule has 0 aliphatic carbocycles. The highest BCUT2D eigenvalue weighted by atomic mass is 79.9. The van der Waals surface area contributed by atoms with Gasteiger partial charge in [0, 0.05) is 12.1 Å². The zero-order valence-corrected chi connectivity index (χ0v) is 10.1. The van der Waals surface area contributed by atoms with Crippen LogP contribution in [0.4, 0.5) is 0 Å². The Hall–Kier alpha value is -1.55. The van der Waals surface area contributed by atoms with Gasteiger partial charge in [0.25, 0.3) is 0 Å². The summed E-state index contributed by atoms with van der Waals surface area (Å²) in [5, 5.41) is 0. The van der Waals surface area contributed by atoms with E-state index in [4.69, 9.17) is 0 Å². The van der Waals surface area contributed by atoms with Crippen LogP contribution in [0.2, 0.25) is 0 Å². The van der Waals surface area contributed by atoms with Gasteiger partial charge in [-0.1, -0.05) is 12.1 Å². The molecule has 2 rings (SSSR count). The zero-order valence-electron chi connectivity index (χ0n) is 8.51. The van der Waals surface area contributed by atoms with E-state index in [-0.39, 0.29) is 5.91 Å². The molecule has 2 heterocycles. The Morgan fingerprint density at radius 1 is 1.19 bits per heavy atom. The number of pyridine rings is 2. The van der Waals surface area contributed by atoms with Gasteiger partial charge in [-0.3, -0.25) is 0 Å². The fourth-order valence-electron chi connectivity index (χ4n) is 1.36. The minimum absolute atomic E-state index is 0.00574. The highest BCUT2D eigenvalue weighted by Crippen LogP contribution is 2.06. The Morgan fingerprint density at radius 2 is 1.94 bits per heavy atom. The first-order valence-corrected chi connectivity index (χ1v) is 5.66. The first-order valence-electron chi connectivity index (χ1n) is 4.86. The van der Waals surface area contributed by atoms with Crippen LogP contribution < -0.4 is 4.57 Å². The Labute approximate surface area is 102 Å². The maximum atomic E-state index is 11.8. The standard InChI is InChI=1S/C12H10BrN2O/c13-11-6-4-5-10(14-11)9-12(16)15-7-2-1-3-8-15/h1-8H,9H2/q+1. The summed E-state index contributed by atoms with van der Waals surface area (Å²) in [4.78, 5) is 16.1. The zero-order chi connectivity index (χ0) is 11.4. The van der Waals surface area contributed by atoms with E-state index in [1.165, 1.54) is 0 Å². The summed E-state index contributed by atoms with van der Waals surface area (Å²) in [5.41, 5.74) is 0.760. The van der Waals surface area contributed by atoms with Crippen molar-refractivity contribution in [2.24, 2.45) is 0 Å². The third-order valence-corrected chi connectivity index (χ3v) is 2.55. The van der Waals surface area contributed by atoms with E-state index in [0.29, 0.717) is 6.42 Å². The van der Waals surface area contributed by atoms with Crippen molar-refractivity contribution in [1.82, 2.24) is 4.98 Å². The lowest BCUT2D eigenvalue weighted by atomic mass is 10.2. The molecule has 4 heteroatoms. The Morgan fingerprint density at radius 3 is 2.62 bits per heavy atom. The van der Waals surface area contributed by atoms with Crippen molar-refractivity contribution >= 4 is 21.8 Å². The van der Waals surface area contributed by atoms with Crippen LogP contribution >= 0.6 is 15.9 Å². The van der Waals surface area contributed by atoms with Crippen LogP contribution in [0, 0.1) is 0 Å². The Balaban J connectivity index is 2.14. The maximum absolute atomic E-state index is 11.8. The summed E-state index contributed by atoms with van der Waals surface area (Å²) in [6, 6.07) is 11.1. The number of rotatable bonds is 2. The van der Waals surface area contributed by atoms with Gasteiger partial charge in [-0.15, -0.1) is 4.57 Å². The molecule has 0 aromatic carbocycles. The first kappa shape index (κ1) is 11.0. The number of hydrogen-bond acceptors (Lipinski definition) is 2. The molecule has 0 saturated heterocycles. The average molecular weight is 278 g/mol. The number of halogens is 1. The van der Waals surface area contributed by atoms with Gasteiger partial charge < -0.3 is 0 Å². The third kappa shape index (κ3) is 2.73. The van der Waals surface area contributed by atoms with E-state index in [0.717, 1.165) is 10.3 Å². The normalized spacial score (nSPS) is 10.1. The molecule has 2 aromatic rings. The second kappa shape index (κ2) is 4.99. The predicted molar refractivity (Wildman–Crippen MR) is 62.9 cm³/mol. The molecule has 16 heavy (non-hydrogen) atoms. The van der Waals surface area contributed by atoms with Gasteiger partial charge in [-0.25, -0.2) is 9.78 Å². The van der Waals surface area contributed by atoms with Crippen LogP contribution in [0.3, 0.4) is 0 Å². The fourth-order valence-corrected chi connectivity index (χ4v) is 1.74. The summed E-state index contributed by atoms with van der Waals surface area (Å²) < 4.78 is 2.30. The van der Waals surface area contributed by atoms with Crippen molar-refractivity contribution in [3.63, 3.8) is 0 Å². The molecule has 0 fully saturated rings. The van der Waals surface area contributed by atoms with Crippen LogP contribution in [0.1, 0.15) is 10.5 Å². The first-order chi connectivity index (χ1) is 7.75. The second-order valence-corrected chi connectivity index (χ2v) is 4.12. The highest BCUT2D eigenvalue weighted by molar-refractivity contribution is 9.10. The molecule has 2 aromatic heterocycles. The van der Waals surface area contributed by atoms with E-state index in [1.54, 1.807) is 17.0 Å². The molecule has 0 amide bonds. The van der Waals surface area contributed by atoms with E-state index in [9.17, 15) is 4.79 Å². The fraction of sp³-hybridized carbons (Fsp3) is 0.0833. The molecule has 0 unspecified atom stereocenters. The second-order valence-electron chi connectivity index (χ2n) is 3.30. The summed E-state index contributed by atoms with van der Waals surface area (Å²) >= 11 is 3.28. The summed E-state index contributed by atoms with van der Waals surface area (Å²) in [6.07, 6.45) is 3.77. The number of aromatic nitrogens is 2. The van der Waals surface area contributed by atoms with E-state index in [2.05, 4.69) is 20.9 Å². The van der Waals surface area contributed by atoms with Crippen LogP contribution in [0.25, 0.3) is 0 Å². The maximum Gasteiger partial charge on any atom is 0.398 e. The number of nitrogens with zero attached hydrogens (tertiary/aromatic N) is 2. The Bertz CT molecular complexity index is 499. The summed E-state index contributed by atoms with van der Waals surface area (Å²) in [6.45, 7) is 0. The largest absolute Gasteiger partial charge is 0.398 e. The molecule has 0 atom stereocenters. The van der Waals surface area contributed by atoms with Gasteiger partial charge in [0.15, 0.2) is 12.4 Å². The summed E-state index contributed by atoms with van der Waals surface area (Å²) in [5.74, 6) is 0.00574. The van der Waals surface area contributed by atoms with Crippen LogP contribution in [-0.4, -0.2) is 10.9 Å². The molecule has 0 saturated carbocycles. The predicted octanol–water partition coefficient (Wildman–Crippen LogP) is 2.01. The molecule has 3 nitrogen and oxygen atoms in total. The minimum Gasteiger partial charge on any atom is -0.245 e. The lowest BCUT2D eigenvalue weighted by molar-refractivity contribution is -0.574. The quantitative estimate of drug-likeness (QED) is 0.622. The lowest BCUT2D eigenvalue weighted by Gasteiger charge is -1.96. The molecule has 0 radical (unpaired) electrons. The number of carbonyl (C=O) groups is 1. The van der Waals surface area contributed by atoms with Crippen molar-refractivity contribution in [1.29, 1.82) is 0 Å². The molecule has 0 aliphatic heterocycles. The van der Waals surface area contributed by atoms with Crippen LogP contribution in [0.5, 0.6) is 0 Å². The van der Waals surface area contributed by atoms with Gasteiger partial charge in [-0.2, -0.15) is 0 Å². The van der Waals surface area contributed by atoms with Crippen molar-refractivity contribution < 1.29 is 9.36 Å². The SMILES string of the molecule is O=C(Cc1cccc(Br)n1)[n+]1ccccc1. The molecular weight excluding hydrogens is 268 g/mol. The molecule has 0 bridgehead atoms. The van der Waals surface area contributed by atoms with Gasteiger partial charge in [0.05, 0.1) is 5.69 Å². The average Bonchev–Trinajstić information content (AvgIpc) is 2.30. The molecule has 0 spiro atoms.